The maximum absolute atomic E-state index is 12.3. The molecule has 0 bridgehead atoms. The van der Waals surface area contributed by atoms with Crippen molar-refractivity contribution in [3.63, 3.8) is 0 Å². The van der Waals surface area contributed by atoms with Gasteiger partial charge in [-0.15, -0.1) is 0 Å². The predicted molar refractivity (Wildman–Crippen MR) is 70.6 cm³/mol. The Balaban J connectivity index is 2.10. The molecule has 0 aromatic carbocycles. The van der Waals surface area contributed by atoms with Crippen molar-refractivity contribution >= 4 is 5.91 Å². The second kappa shape index (κ2) is 5.38. The van der Waals surface area contributed by atoms with Crippen molar-refractivity contribution in [3.05, 3.63) is 34.2 Å². The lowest BCUT2D eigenvalue weighted by Crippen LogP contribution is -2.41. The van der Waals surface area contributed by atoms with Gasteiger partial charge in [-0.1, -0.05) is 6.92 Å². The van der Waals surface area contributed by atoms with Crippen LogP contribution in [0.4, 0.5) is 0 Å². The number of rotatable bonds is 2. The molecule has 1 aromatic heterocycles. The second-order valence-corrected chi connectivity index (χ2v) is 5.24. The van der Waals surface area contributed by atoms with E-state index in [1.54, 1.807) is 30.3 Å². The Morgan fingerprint density at radius 1 is 1.33 bits per heavy atom. The van der Waals surface area contributed by atoms with Crippen LogP contribution in [0.3, 0.4) is 0 Å². The summed E-state index contributed by atoms with van der Waals surface area (Å²) in [5, 5.41) is 0. The van der Waals surface area contributed by atoms with E-state index in [1.807, 2.05) is 0 Å². The van der Waals surface area contributed by atoms with E-state index >= 15 is 0 Å². The summed E-state index contributed by atoms with van der Waals surface area (Å²) in [7, 11) is 1.80. The maximum atomic E-state index is 12.3. The molecule has 4 heteroatoms. The number of aromatic amines is 1. The summed E-state index contributed by atoms with van der Waals surface area (Å²) in [4.78, 5) is 28.1. The smallest absolute Gasteiger partial charge is 0.260 e. The normalized spacial score (nSPS) is 23.7. The van der Waals surface area contributed by atoms with Crippen LogP contribution >= 0.6 is 0 Å². The van der Waals surface area contributed by atoms with E-state index in [0.29, 0.717) is 0 Å². The number of amides is 1. The van der Waals surface area contributed by atoms with Crippen molar-refractivity contribution in [2.45, 2.75) is 38.6 Å². The Labute approximate surface area is 107 Å². The Morgan fingerprint density at radius 2 is 2.00 bits per heavy atom. The first kappa shape index (κ1) is 12.9. The number of hydrogen-bond acceptors (Lipinski definition) is 2. The summed E-state index contributed by atoms with van der Waals surface area (Å²) in [6.45, 7) is 2.25. The summed E-state index contributed by atoms with van der Waals surface area (Å²) in [6.07, 6.45) is 5.94. The van der Waals surface area contributed by atoms with Crippen molar-refractivity contribution < 1.29 is 4.79 Å². The van der Waals surface area contributed by atoms with Crippen LogP contribution in [0.1, 0.15) is 43.0 Å². The van der Waals surface area contributed by atoms with Gasteiger partial charge in [0.25, 0.3) is 11.5 Å². The van der Waals surface area contributed by atoms with Gasteiger partial charge in [0, 0.05) is 19.3 Å². The minimum absolute atomic E-state index is 0.170. The van der Waals surface area contributed by atoms with Crippen LogP contribution in [-0.4, -0.2) is 28.9 Å². The molecule has 1 amide bonds. The Hall–Kier alpha value is -1.58. The highest BCUT2D eigenvalue weighted by molar-refractivity contribution is 5.93. The zero-order valence-electron chi connectivity index (χ0n) is 11.0. The van der Waals surface area contributed by atoms with Gasteiger partial charge in [-0.05, 0) is 43.7 Å². The Kier molecular flexibility index (Phi) is 3.84. The standard InChI is InChI=1S/C14H20N2O2/c1-10-5-7-11(8-6-10)16(2)14(18)12-4-3-9-15-13(12)17/h3-4,9-11H,5-8H2,1-2H3,(H,15,17). The highest BCUT2D eigenvalue weighted by atomic mass is 16.2. The third-order valence-corrected chi connectivity index (χ3v) is 3.90. The van der Waals surface area contributed by atoms with E-state index < -0.39 is 0 Å². The van der Waals surface area contributed by atoms with Crippen molar-refractivity contribution in [2.24, 2.45) is 5.92 Å². The third kappa shape index (κ3) is 2.63. The number of nitrogens with zero attached hydrogens (tertiary/aromatic N) is 1. The lowest BCUT2D eigenvalue weighted by molar-refractivity contribution is 0.0677. The molecule has 0 aliphatic heterocycles. The number of H-pyrrole nitrogens is 1. The van der Waals surface area contributed by atoms with Gasteiger partial charge in [0.2, 0.25) is 0 Å². The molecule has 1 aliphatic carbocycles. The Bertz CT molecular complexity index is 473. The fourth-order valence-corrected chi connectivity index (χ4v) is 2.58. The van der Waals surface area contributed by atoms with Crippen LogP contribution in [-0.2, 0) is 0 Å². The van der Waals surface area contributed by atoms with E-state index in [0.717, 1.165) is 31.6 Å². The van der Waals surface area contributed by atoms with E-state index in [4.69, 9.17) is 0 Å². The van der Waals surface area contributed by atoms with Gasteiger partial charge in [-0.3, -0.25) is 9.59 Å². The number of carbonyl (C=O) groups excluding carboxylic acids is 1. The van der Waals surface area contributed by atoms with Crippen molar-refractivity contribution in [1.29, 1.82) is 0 Å². The van der Waals surface area contributed by atoms with Gasteiger partial charge in [0.1, 0.15) is 5.56 Å². The quantitative estimate of drug-likeness (QED) is 0.870. The first-order chi connectivity index (χ1) is 8.59. The van der Waals surface area contributed by atoms with Crippen LogP contribution in [0, 0.1) is 5.92 Å². The number of pyridine rings is 1. The molecule has 4 nitrogen and oxygen atoms in total. The van der Waals surface area contributed by atoms with Gasteiger partial charge in [-0.25, -0.2) is 0 Å². The van der Waals surface area contributed by atoms with Gasteiger partial charge in [-0.2, -0.15) is 0 Å². The molecule has 1 N–H and O–H groups in total. The molecule has 2 rings (SSSR count). The monoisotopic (exact) mass is 248 g/mol. The third-order valence-electron chi connectivity index (χ3n) is 3.90. The minimum atomic E-state index is -0.307. The SMILES string of the molecule is CC1CCC(N(C)C(=O)c2ccc[nH]c2=O)CC1. The first-order valence-electron chi connectivity index (χ1n) is 6.54. The fraction of sp³-hybridized carbons (Fsp3) is 0.571. The van der Waals surface area contributed by atoms with Crippen molar-refractivity contribution in [3.8, 4) is 0 Å². The van der Waals surface area contributed by atoms with Crippen LogP contribution in [0.5, 0.6) is 0 Å². The molecule has 1 aliphatic rings. The number of carbonyl (C=O) groups is 1. The lowest BCUT2D eigenvalue weighted by atomic mass is 9.86. The largest absolute Gasteiger partial charge is 0.339 e. The van der Waals surface area contributed by atoms with E-state index in [1.165, 1.54) is 0 Å². The van der Waals surface area contributed by atoms with Crippen LogP contribution in [0.25, 0.3) is 0 Å². The zero-order chi connectivity index (χ0) is 13.1. The van der Waals surface area contributed by atoms with Gasteiger partial charge in [0.15, 0.2) is 0 Å². The molecule has 18 heavy (non-hydrogen) atoms. The zero-order valence-corrected chi connectivity index (χ0v) is 11.0. The van der Waals surface area contributed by atoms with Crippen LogP contribution < -0.4 is 5.56 Å². The fourth-order valence-electron chi connectivity index (χ4n) is 2.58. The molecular weight excluding hydrogens is 228 g/mol. The van der Waals surface area contributed by atoms with Crippen molar-refractivity contribution in [2.75, 3.05) is 7.05 Å². The van der Waals surface area contributed by atoms with E-state index in [2.05, 4.69) is 11.9 Å². The second-order valence-electron chi connectivity index (χ2n) is 5.24. The maximum Gasteiger partial charge on any atom is 0.260 e. The average molecular weight is 248 g/mol. The first-order valence-corrected chi connectivity index (χ1v) is 6.54. The molecule has 0 radical (unpaired) electrons. The predicted octanol–water partition coefficient (Wildman–Crippen LogP) is 2.03. The molecule has 98 valence electrons. The van der Waals surface area contributed by atoms with E-state index in [9.17, 15) is 9.59 Å². The molecule has 0 spiro atoms. The summed E-state index contributed by atoms with van der Waals surface area (Å²) in [5.74, 6) is 0.585. The molecular formula is C14H20N2O2. The van der Waals surface area contributed by atoms with Gasteiger partial charge in [0.05, 0.1) is 0 Å². The molecule has 1 fully saturated rings. The van der Waals surface area contributed by atoms with Crippen LogP contribution in [0.15, 0.2) is 23.1 Å². The topological polar surface area (TPSA) is 53.2 Å². The molecule has 1 heterocycles. The lowest BCUT2D eigenvalue weighted by Gasteiger charge is -2.33. The molecule has 1 saturated carbocycles. The highest BCUT2D eigenvalue weighted by Crippen LogP contribution is 2.26. The summed E-state index contributed by atoms with van der Waals surface area (Å²) < 4.78 is 0. The van der Waals surface area contributed by atoms with Gasteiger partial charge < -0.3 is 9.88 Å². The Morgan fingerprint density at radius 3 is 2.61 bits per heavy atom. The number of hydrogen-bond donors (Lipinski definition) is 1. The number of nitrogens with one attached hydrogen (secondary N) is 1. The molecule has 0 unspecified atom stereocenters. The molecule has 0 saturated heterocycles. The molecule has 0 atom stereocenters. The average Bonchev–Trinajstić information content (AvgIpc) is 2.38. The summed E-state index contributed by atoms with van der Waals surface area (Å²) >= 11 is 0. The van der Waals surface area contributed by atoms with E-state index in [-0.39, 0.29) is 23.1 Å². The van der Waals surface area contributed by atoms with Gasteiger partial charge >= 0.3 is 0 Å². The highest BCUT2D eigenvalue weighted by Gasteiger charge is 2.26. The summed E-state index contributed by atoms with van der Waals surface area (Å²) in [5.41, 5.74) is -0.0721. The van der Waals surface area contributed by atoms with Crippen molar-refractivity contribution in [1.82, 2.24) is 9.88 Å². The minimum Gasteiger partial charge on any atom is -0.339 e. The molecule has 1 aromatic rings. The summed E-state index contributed by atoms with van der Waals surface area (Å²) in [6, 6.07) is 3.54. The van der Waals surface area contributed by atoms with Crippen LogP contribution in [0.2, 0.25) is 0 Å². The number of aromatic nitrogens is 1.